The minimum atomic E-state index is 0. The molecule has 3 N–H and O–H groups in total. The Kier molecular flexibility index (Phi) is 6.41. The molecule has 0 radical (unpaired) electrons. The van der Waals surface area contributed by atoms with Gasteiger partial charge < -0.3 is 15.8 Å². The van der Waals surface area contributed by atoms with Gasteiger partial charge in [0.05, 0.1) is 12.6 Å². The summed E-state index contributed by atoms with van der Waals surface area (Å²) in [5, 5.41) is 3.27. The van der Waals surface area contributed by atoms with E-state index < -0.39 is 0 Å². The van der Waals surface area contributed by atoms with Crippen LogP contribution in [0, 0.1) is 0 Å². The summed E-state index contributed by atoms with van der Waals surface area (Å²) in [6.45, 7) is 1.60. The molecular weight excluding hydrogens is 317 g/mol. The Balaban J connectivity index is 0.00000128. The minimum Gasteiger partial charge on any atom is -0.376 e. The standard InChI is InChI=1S/C11H21N3O.HI/c12-11(14-9-4-1-2-5-9)13-8-10-6-3-7-15-10;/h9-10H,1-8H2,(H3,12,13,14);1H. The summed E-state index contributed by atoms with van der Waals surface area (Å²) in [4.78, 5) is 4.33. The van der Waals surface area contributed by atoms with E-state index in [0.29, 0.717) is 24.7 Å². The van der Waals surface area contributed by atoms with Crippen LogP contribution in [0.2, 0.25) is 0 Å². The fraction of sp³-hybridized carbons (Fsp3) is 0.909. The van der Waals surface area contributed by atoms with Crippen molar-refractivity contribution >= 4 is 29.9 Å². The molecular formula is C11H22IN3O. The highest BCUT2D eigenvalue weighted by molar-refractivity contribution is 14.0. The molecule has 94 valence electrons. The molecule has 2 fully saturated rings. The lowest BCUT2D eigenvalue weighted by atomic mass is 10.2. The van der Waals surface area contributed by atoms with Crippen LogP contribution in [0.15, 0.2) is 4.99 Å². The van der Waals surface area contributed by atoms with Crippen LogP contribution in [-0.2, 0) is 4.74 Å². The Morgan fingerprint density at radius 1 is 1.25 bits per heavy atom. The van der Waals surface area contributed by atoms with Crippen molar-refractivity contribution in [2.75, 3.05) is 13.2 Å². The molecule has 0 aromatic rings. The van der Waals surface area contributed by atoms with Crippen LogP contribution in [0.5, 0.6) is 0 Å². The smallest absolute Gasteiger partial charge is 0.188 e. The summed E-state index contributed by atoms with van der Waals surface area (Å²) in [5.74, 6) is 0.595. The molecule has 0 aromatic heterocycles. The lowest BCUT2D eigenvalue weighted by molar-refractivity contribution is 0.117. The number of ether oxygens (including phenoxy) is 1. The maximum absolute atomic E-state index is 5.81. The Bertz CT molecular complexity index is 223. The molecule has 1 aliphatic heterocycles. The third kappa shape index (κ3) is 4.45. The molecule has 4 nitrogen and oxygen atoms in total. The van der Waals surface area contributed by atoms with Gasteiger partial charge in [0.1, 0.15) is 0 Å². The van der Waals surface area contributed by atoms with Gasteiger partial charge in [-0.2, -0.15) is 0 Å². The molecule has 16 heavy (non-hydrogen) atoms. The Morgan fingerprint density at radius 3 is 2.62 bits per heavy atom. The second-order valence-electron chi connectivity index (χ2n) is 4.49. The molecule has 0 spiro atoms. The van der Waals surface area contributed by atoms with Crippen molar-refractivity contribution in [3.8, 4) is 0 Å². The molecule has 2 aliphatic rings. The maximum atomic E-state index is 5.81. The van der Waals surface area contributed by atoms with Gasteiger partial charge >= 0.3 is 0 Å². The van der Waals surface area contributed by atoms with Gasteiger partial charge in [-0.25, -0.2) is 0 Å². The number of aliphatic imine (C=N–C) groups is 1. The first kappa shape index (κ1) is 14.0. The molecule has 1 unspecified atom stereocenters. The van der Waals surface area contributed by atoms with Gasteiger partial charge in [-0.1, -0.05) is 12.8 Å². The third-order valence-corrected chi connectivity index (χ3v) is 3.20. The Hall–Kier alpha value is -0.0400. The first-order valence-electron chi connectivity index (χ1n) is 6.02. The molecule has 1 heterocycles. The van der Waals surface area contributed by atoms with Crippen molar-refractivity contribution in [2.24, 2.45) is 10.7 Å². The lowest BCUT2D eigenvalue weighted by Gasteiger charge is -2.13. The van der Waals surface area contributed by atoms with Crippen LogP contribution >= 0.6 is 24.0 Å². The van der Waals surface area contributed by atoms with Gasteiger partial charge in [-0.05, 0) is 25.7 Å². The second-order valence-corrected chi connectivity index (χ2v) is 4.49. The van der Waals surface area contributed by atoms with Crippen LogP contribution in [-0.4, -0.2) is 31.3 Å². The zero-order valence-corrected chi connectivity index (χ0v) is 12.0. The van der Waals surface area contributed by atoms with Crippen LogP contribution in [0.1, 0.15) is 38.5 Å². The number of rotatable bonds is 3. The monoisotopic (exact) mass is 339 g/mol. The number of guanidine groups is 1. The molecule has 0 aromatic carbocycles. The van der Waals surface area contributed by atoms with Gasteiger partial charge in [0.25, 0.3) is 0 Å². The second kappa shape index (κ2) is 7.32. The van der Waals surface area contributed by atoms with E-state index in [2.05, 4.69) is 10.3 Å². The van der Waals surface area contributed by atoms with Gasteiger partial charge in [-0.15, -0.1) is 24.0 Å². The normalized spacial score (nSPS) is 26.8. The highest BCUT2D eigenvalue weighted by Crippen LogP contribution is 2.17. The number of nitrogens with two attached hydrogens (primary N) is 1. The van der Waals surface area contributed by atoms with Crippen molar-refractivity contribution in [3.63, 3.8) is 0 Å². The van der Waals surface area contributed by atoms with E-state index in [9.17, 15) is 0 Å². The number of nitrogens with one attached hydrogen (secondary N) is 1. The van der Waals surface area contributed by atoms with Crippen molar-refractivity contribution in [1.82, 2.24) is 5.32 Å². The van der Waals surface area contributed by atoms with E-state index in [1.165, 1.54) is 25.7 Å². The van der Waals surface area contributed by atoms with Crippen molar-refractivity contribution in [3.05, 3.63) is 0 Å². The highest BCUT2D eigenvalue weighted by atomic mass is 127. The summed E-state index contributed by atoms with van der Waals surface area (Å²) >= 11 is 0. The van der Waals surface area contributed by atoms with Gasteiger partial charge in [0, 0.05) is 12.6 Å². The molecule has 1 saturated heterocycles. The van der Waals surface area contributed by atoms with Gasteiger partial charge in [0.2, 0.25) is 0 Å². The first-order valence-corrected chi connectivity index (χ1v) is 6.02. The summed E-state index contributed by atoms with van der Waals surface area (Å²) in [7, 11) is 0. The summed E-state index contributed by atoms with van der Waals surface area (Å²) < 4.78 is 5.48. The van der Waals surface area contributed by atoms with Crippen LogP contribution in [0.3, 0.4) is 0 Å². The summed E-state index contributed by atoms with van der Waals surface area (Å²) in [6, 6.07) is 0.554. The van der Waals surface area contributed by atoms with Crippen LogP contribution in [0.25, 0.3) is 0 Å². The maximum Gasteiger partial charge on any atom is 0.188 e. The van der Waals surface area contributed by atoms with E-state index in [1.807, 2.05) is 0 Å². The van der Waals surface area contributed by atoms with Gasteiger partial charge in [-0.3, -0.25) is 4.99 Å². The first-order chi connectivity index (χ1) is 7.34. The quantitative estimate of drug-likeness (QED) is 0.467. The molecule has 0 amide bonds. The average molecular weight is 339 g/mol. The lowest BCUT2D eigenvalue weighted by Crippen LogP contribution is -2.39. The summed E-state index contributed by atoms with van der Waals surface area (Å²) in [6.07, 6.45) is 7.68. The van der Waals surface area contributed by atoms with E-state index in [4.69, 9.17) is 10.5 Å². The minimum absolute atomic E-state index is 0. The van der Waals surface area contributed by atoms with Crippen LogP contribution in [0.4, 0.5) is 0 Å². The van der Waals surface area contributed by atoms with Crippen molar-refractivity contribution < 1.29 is 4.74 Å². The van der Waals surface area contributed by atoms with Crippen molar-refractivity contribution in [2.45, 2.75) is 50.7 Å². The number of nitrogens with zero attached hydrogens (tertiary/aromatic N) is 1. The molecule has 1 saturated carbocycles. The van der Waals surface area contributed by atoms with Crippen molar-refractivity contribution in [1.29, 1.82) is 0 Å². The molecule has 2 rings (SSSR count). The fourth-order valence-corrected chi connectivity index (χ4v) is 2.31. The van der Waals surface area contributed by atoms with E-state index in [1.54, 1.807) is 0 Å². The van der Waals surface area contributed by atoms with E-state index in [-0.39, 0.29) is 24.0 Å². The Labute approximate surface area is 114 Å². The largest absolute Gasteiger partial charge is 0.376 e. The predicted molar refractivity (Wildman–Crippen MR) is 76.3 cm³/mol. The molecule has 1 atom stereocenters. The molecule has 1 aliphatic carbocycles. The average Bonchev–Trinajstić information content (AvgIpc) is 2.86. The zero-order valence-electron chi connectivity index (χ0n) is 9.65. The van der Waals surface area contributed by atoms with E-state index in [0.717, 1.165) is 19.4 Å². The number of halogens is 1. The molecule has 5 heteroatoms. The molecule has 0 bridgehead atoms. The predicted octanol–water partition coefficient (Wildman–Crippen LogP) is 1.63. The highest BCUT2D eigenvalue weighted by Gasteiger charge is 2.16. The third-order valence-electron chi connectivity index (χ3n) is 3.20. The van der Waals surface area contributed by atoms with Crippen LogP contribution < -0.4 is 11.1 Å². The number of hydrogen-bond acceptors (Lipinski definition) is 2. The SMILES string of the molecule is I.NC(=NCC1CCCO1)NC1CCCC1. The number of hydrogen-bond donors (Lipinski definition) is 2. The Morgan fingerprint density at radius 2 is 2.00 bits per heavy atom. The topological polar surface area (TPSA) is 59.6 Å². The van der Waals surface area contributed by atoms with Gasteiger partial charge in [0.15, 0.2) is 5.96 Å². The summed E-state index contributed by atoms with van der Waals surface area (Å²) in [5.41, 5.74) is 5.81. The zero-order chi connectivity index (χ0) is 10.5. The fourth-order valence-electron chi connectivity index (χ4n) is 2.31. The van der Waals surface area contributed by atoms with E-state index >= 15 is 0 Å².